The molecule has 0 bridgehead atoms. The third-order valence-corrected chi connectivity index (χ3v) is 5.94. The molecule has 0 aliphatic heterocycles. The molecule has 8 nitrogen and oxygen atoms in total. The minimum Gasteiger partial charge on any atom is -0.354 e. The first kappa shape index (κ1) is 22.5. The molecule has 9 heteroatoms. The van der Waals surface area contributed by atoms with Gasteiger partial charge >= 0.3 is 0 Å². The highest BCUT2D eigenvalue weighted by Gasteiger charge is 2.19. The van der Waals surface area contributed by atoms with Gasteiger partial charge < -0.3 is 10.6 Å². The highest BCUT2D eigenvalue weighted by atomic mass is 32.2. The van der Waals surface area contributed by atoms with Gasteiger partial charge in [0.2, 0.25) is 15.9 Å². The Kier molecular flexibility index (Phi) is 7.86. The number of sulfonamides is 1. The predicted molar refractivity (Wildman–Crippen MR) is 110 cm³/mol. The van der Waals surface area contributed by atoms with Gasteiger partial charge in [-0.25, -0.2) is 13.1 Å². The molecule has 1 aromatic heterocycles. The van der Waals surface area contributed by atoms with Gasteiger partial charge in [-0.1, -0.05) is 17.7 Å². The van der Waals surface area contributed by atoms with Crippen LogP contribution in [0.1, 0.15) is 33.5 Å². The molecule has 1 aromatic carbocycles. The van der Waals surface area contributed by atoms with Gasteiger partial charge in [0.25, 0.3) is 5.91 Å². The first-order valence-corrected chi connectivity index (χ1v) is 10.7. The van der Waals surface area contributed by atoms with Crippen LogP contribution in [0.15, 0.2) is 41.6 Å². The largest absolute Gasteiger partial charge is 0.354 e. The molecule has 2 amide bonds. The highest BCUT2D eigenvalue weighted by Crippen LogP contribution is 2.21. The molecule has 2 rings (SSSR count). The fourth-order valence-corrected chi connectivity index (χ4v) is 4.51. The second-order valence-corrected chi connectivity index (χ2v) is 8.43. The Morgan fingerprint density at radius 1 is 1.00 bits per heavy atom. The van der Waals surface area contributed by atoms with E-state index in [4.69, 9.17) is 0 Å². The van der Waals surface area contributed by atoms with E-state index in [1.165, 1.54) is 6.20 Å². The lowest BCUT2D eigenvalue weighted by atomic mass is 10.1. The molecule has 0 fully saturated rings. The second-order valence-electron chi connectivity index (χ2n) is 6.72. The van der Waals surface area contributed by atoms with E-state index >= 15 is 0 Å². The molecule has 0 saturated carbocycles. The number of nitrogens with one attached hydrogen (secondary N) is 3. The van der Waals surface area contributed by atoms with Crippen LogP contribution in [0.25, 0.3) is 0 Å². The lowest BCUT2D eigenvalue weighted by Gasteiger charge is -2.13. The van der Waals surface area contributed by atoms with Crippen LogP contribution in [-0.4, -0.2) is 44.9 Å². The quantitative estimate of drug-likeness (QED) is 0.530. The number of benzene rings is 1. The molecule has 0 unspecified atom stereocenters. The van der Waals surface area contributed by atoms with E-state index in [0.717, 1.165) is 5.56 Å². The van der Waals surface area contributed by atoms with Gasteiger partial charge in [-0.3, -0.25) is 14.6 Å². The van der Waals surface area contributed by atoms with Crippen molar-refractivity contribution in [3.05, 3.63) is 58.9 Å². The van der Waals surface area contributed by atoms with Crippen molar-refractivity contribution < 1.29 is 18.0 Å². The summed E-state index contributed by atoms with van der Waals surface area (Å²) in [6.45, 7) is 5.90. The van der Waals surface area contributed by atoms with Gasteiger partial charge in [-0.15, -0.1) is 0 Å². The number of amides is 2. The summed E-state index contributed by atoms with van der Waals surface area (Å²) in [7, 11) is -3.69. The van der Waals surface area contributed by atoms with Crippen molar-refractivity contribution in [1.29, 1.82) is 0 Å². The normalized spacial score (nSPS) is 11.1. The van der Waals surface area contributed by atoms with Crippen LogP contribution in [0.5, 0.6) is 0 Å². The molecule has 0 atom stereocenters. The molecule has 29 heavy (non-hydrogen) atoms. The minimum absolute atomic E-state index is 0.000260. The minimum atomic E-state index is -3.69. The number of aryl methyl sites for hydroxylation is 3. The smallest absolute Gasteiger partial charge is 0.252 e. The van der Waals surface area contributed by atoms with E-state index < -0.39 is 10.0 Å². The van der Waals surface area contributed by atoms with Crippen molar-refractivity contribution in [3.8, 4) is 0 Å². The summed E-state index contributed by atoms with van der Waals surface area (Å²) >= 11 is 0. The lowest BCUT2D eigenvalue weighted by molar-refractivity contribution is -0.120. The SMILES string of the molecule is Cc1cc(C)c(S(=O)(=O)NCCC(=O)NCCNC(=O)c2cccnc2)c(C)c1. The van der Waals surface area contributed by atoms with Crippen molar-refractivity contribution in [2.75, 3.05) is 19.6 Å². The van der Waals surface area contributed by atoms with Gasteiger partial charge in [-0.2, -0.15) is 0 Å². The summed E-state index contributed by atoms with van der Waals surface area (Å²) in [5.74, 6) is -0.579. The molecule has 1 heterocycles. The Bertz CT molecular complexity index is 952. The van der Waals surface area contributed by atoms with E-state index in [1.54, 1.807) is 32.2 Å². The summed E-state index contributed by atoms with van der Waals surface area (Å²) in [5.41, 5.74) is 2.77. The predicted octanol–water partition coefficient (Wildman–Crippen LogP) is 1.22. The lowest BCUT2D eigenvalue weighted by Crippen LogP contribution is -2.36. The maximum Gasteiger partial charge on any atom is 0.252 e. The Balaban J connectivity index is 1.73. The topological polar surface area (TPSA) is 117 Å². The van der Waals surface area contributed by atoms with Crippen molar-refractivity contribution in [3.63, 3.8) is 0 Å². The molecule has 2 aromatic rings. The fraction of sp³-hybridized carbons (Fsp3) is 0.350. The first-order valence-electron chi connectivity index (χ1n) is 9.23. The first-order chi connectivity index (χ1) is 13.7. The van der Waals surface area contributed by atoms with Gasteiger partial charge in [0, 0.05) is 38.4 Å². The molecular formula is C20H26N4O4S. The van der Waals surface area contributed by atoms with Crippen molar-refractivity contribution in [2.45, 2.75) is 32.1 Å². The summed E-state index contributed by atoms with van der Waals surface area (Å²) in [6.07, 6.45) is 3.03. The van der Waals surface area contributed by atoms with E-state index in [-0.39, 0.29) is 42.8 Å². The molecule has 0 aliphatic rings. The van der Waals surface area contributed by atoms with Crippen molar-refractivity contribution in [1.82, 2.24) is 20.3 Å². The average molecular weight is 419 g/mol. The number of carbonyl (C=O) groups excluding carboxylic acids is 2. The summed E-state index contributed by atoms with van der Waals surface area (Å²) < 4.78 is 27.6. The zero-order chi connectivity index (χ0) is 21.4. The van der Waals surface area contributed by atoms with Crippen LogP contribution in [0.4, 0.5) is 0 Å². The summed E-state index contributed by atoms with van der Waals surface area (Å²) in [4.78, 5) is 27.8. The zero-order valence-corrected chi connectivity index (χ0v) is 17.6. The number of nitrogens with zero attached hydrogens (tertiary/aromatic N) is 1. The number of hydrogen-bond donors (Lipinski definition) is 3. The van der Waals surface area contributed by atoms with Crippen LogP contribution in [0.2, 0.25) is 0 Å². The Morgan fingerprint density at radius 3 is 2.28 bits per heavy atom. The van der Waals surface area contributed by atoms with Gasteiger partial charge in [-0.05, 0) is 44.0 Å². The van der Waals surface area contributed by atoms with E-state index in [1.807, 2.05) is 19.1 Å². The number of rotatable bonds is 9. The molecule has 0 saturated heterocycles. The average Bonchev–Trinajstić information content (AvgIpc) is 2.64. The Morgan fingerprint density at radius 2 is 1.66 bits per heavy atom. The Hall–Kier alpha value is -2.78. The van der Waals surface area contributed by atoms with Crippen molar-refractivity contribution in [2.24, 2.45) is 0 Å². The highest BCUT2D eigenvalue weighted by molar-refractivity contribution is 7.89. The fourth-order valence-electron chi connectivity index (χ4n) is 3.03. The third-order valence-electron chi connectivity index (χ3n) is 4.17. The number of hydrogen-bond acceptors (Lipinski definition) is 5. The third kappa shape index (κ3) is 6.65. The zero-order valence-electron chi connectivity index (χ0n) is 16.8. The number of aromatic nitrogens is 1. The van der Waals surface area contributed by atoms with Crippen LogP contribution >= 0.6 is 0 Å². The van der Waals surface area contributed by atoms with Gasteiger partial charge in [0.1, 0.15) is 0 Å². The van der Waals surface area contributed by atoms with Crippen LogP contribution < -0.4 is 15.4 Å². The molecular weight excluding hydrogens is 392 g/mol. The molecule has 0 aliphatic carbocycles. The van der Waals surface area contributed by atoms with Gasteiger partial charge in [0.05, 0.1) is 10.5 Å². The van der Waals surface area contributed by atoms with E-state index in [9.17, 15) is 18.0 Å². The second kappa shape index (κ2) is 10.1. The standard InChI is InChI=1S/C20H26N4O4S/c1-14-11-15(2)19(16(3)12-14)29(27,28)24-8-6-18(25)22-9-10-23-20(26)17-5-4-7-21-13-17/h4-5,7,11-13,24H,6,8-10H2,1-3H3,(H,22,25)(H,23,26). The Labute approximate surface area is 171 Å². The molecule has 3 N–H and O–H groups in total. The van der Waals surface area contributed by atoms with E-state index in [0.29, 0.717) is 16.7 Å². The molecule has 0 spiro atoms. The maximum absolute atomic E-state index is 12.5. The number of carbonyl (C=O) groups is 2. The maximum atomic E-state index is 12.5. The van der Waals surface area contributed by atoms with Crippen LogP contribution in [-0.2, 0) is 14.8 Å². The monoisotopic (exact) mass is 418 g/mol. The van der Waals surface area contributed by atoms with Crippen LogP contribution in [0, 0.1) is 20.8 Å². The van der Waals surface area contributed by atoms with Crippen LogP contribution in [0.3, 0.4) is 0 Å². The van der Waals surface area contributed by atoms with E-state index in [2.05, 4.69) is 20.3 Å². The number of pyridine rings is 1. The van der Waals surface area contributed by atoms with Crippen molar-refractivity contribution >= 4 is 21.8 Å². The van der Waals surface area contributed by atoms with Gasteiger partial charge in [0.15, 0.2) is 0 Å². The molecule has 0 radical (unpaired) electrons. The summed E-state index contributed by atoms with van der Waals surface area (Å²) in [6, 6.07) is 6.93. The summed E-state index contributed by atoms with van der Waals surface area (Å²) in [5, 5.41) is 5.31. The molecule has 156 valence electrons.